The lowest BCUT2D eigenvalue weighted by molar-refractivity contribution is 0.0821. The summed E-state index contributed by atoms with van der Waals surface area (Å²) in [5, 5.41) is 4.12. The van der Waals surface area contributed by atoms with Gasteiger partial charge in [-0.2, -0.15) is 4.98 Å². The molecule has 1 aliphatic rings. The number of aromatic nitrogens is 2. The van der Waals surface area contributed by atoms with Crippen LogP contribution in [0.25, 0.3) is 0 Å². The predicted octanol–water partition coefficient (Wildman–Crippen LogP) is 3.53. The summed E-state index contributed by atoms with van der Waals surface area (Å²) < 4.78 is 5.48. The molecular weight excluding hydrogens is 288 g/mol. The molecule has 132 valence electrons. The van der Waals surface area contributed by atoms with Gasteiger partial charge in [-0.3, -0.25) is 4.90 Å². The Morgan fingerprint density at radius 3 is 2.48 bits per heavy atom. The monoisotopic (exact) mass is 322 g/mol. The largest absolute Gasteiger partial charge is 0.338 e. The number of piperazine rings is 1. The van der Waals surface area contributed by atoms with Gasteiger partial charge in [0.25, 0.3) is 0 Å². The number of rotatable bonds is 7. The molecule has 0 aromatic carbocycles. The van der Waals surface area contributed by atoms with Crippen molar-refractivity contribution in [2.24, 2.45) is 5.41 Å². The van der Waals surface area contributed by atoms with E-state index < -0.39 is 0 Å². The summed E-state index contributed by atoms with van der Waals surface area (Å²) >= 11 is 0. The van der Waals surface area contributed by atoms with Crippen LogP contribution in [0, 0.1) is 5.41 Å². The molecule has 2 heterocycles. The Morgan fingerprint density at radius 1 is 1.17 bits per heavy atom. The van der Waals surface area contributed by atoms with E-state index in [-0.39, 0.29) is 6.04 Å². The highest BCUT2D eigenvalue weighted by atomic mass is 16.5. The SMILES string of the molecule is CCCCc1noc([C@@H](C)N2CCN(CCC(C)(C)C)CC2)n1. The smallest absolute Gasteiger partial charge is 0.243 e. The molecule has 0 amide bonds. The van der Waals surface area contributed by atoms with Gasteiger partial charge < -0.3 is 9.42 Å². The zero-order chi connectivity index (χ0) is 16.9. The van der Waals surface area contributed by atoms with Crippen LogP contribution in [0.2, 0.25) is 0 Å². The van der Waals surface area contributed by atoms with Gasteiger partial charge in [0.15, 0.2) is 5.82 Å². The lowest BCUT2D eigenvalue weighted by Crippen LogP contribution is -2.47. The Labute approximate surface area is 141 Å². The Bertz CT molecular complexity index is 458. The average Bonchev–Trinajstić information content (AvgIpc) is 2.99. The van der Waals surface area contributed by atoms with Gasteiger partial charge in [-0.1, -0.05) is 39.3 Å². The highest BCUT2D eigenvalue weighted by Gasteiger charge is 2.26. The third-order valence-corrected chi connectivity index (χ3v) is 4.73. The van der Waals surface area contributed by atoms with E-state index in [1.807, 2.05) is 0 Å². The summed E-state index contributed by atoms with van der Waals surface area (Å²) in [4.78, 5) is 9.62. The first-order chi connectivity index (χ1) is 10.9. The van der Waals surface area contributed by atoms with E-state index in [1.54, 1.807) is 0 Å². The lowest BCUT2D eigenvalue weighted by Gasteiger charge is -2.37. The minimum atomic E-state index is 0.225. The molecule has 0 unspecified atom stereocenters. The highest BCUT2D eigenvalue weighted by Crippen LogP contribution is 2.22. The van der Waals surface area contributed by atoms with Gasteiger partial charge in [-0.25, -0.2) is 0 Å². The molecular formula is C18H34N4O. The van der Waals surface area contributed by atoms with E-state index in [1.165, 1.54) is 13.0 Å². The molecule has 1 fully saturated rings. The van der Waals surface area contributed by atoms with Crippen molar-refractivity contribution in [1.82, 2.24) is 19.9 Å². The number of nitrogens with zero attached hydrogens (tertiary/aromatic N) is 4. The second kappa shape index (κ2) is 8.25. The second-order valence-electron chi connectivity index (χ2n) is 8.02. The van der Waals surface area contributed by atoms with Crippen molar-refractivity contribution in [3.63, 3.8) is 0 Å². The van der Waals surface area contributed by atoms with Gasteiger partial charge >= 0.3 is 0 Å². The molecule has 2 rings (SSSR count). The van der Waals surface area contributed by atoms with Crippen LogP contribution in [0.1, 0.15) is 71.6 Å². The van der Waals surface area contributed by atoms with Gasteiger partial charge in [0.05, 0.1) is 6.04 Å². The summed E-state index contributed by atoms with van der Waals surface area (Å²) in [5.74, 6) is 1.64. The van der Waals surface area contributed by atoms with Crippen LogP contribution >= 0.6 is 0 Å². The van der Waals surface area contributed by atoms with Gasteiger partial charge in [0.1, 0.15) is 0 Å². The Kier molecular flexibility index (Phi) is 6.60. The van der Waals surface area contributed by atoms with Crippen molar-refractivity contribution < 1.29 is 4.52 Å². The molecule has 0 radical (unpaired) electrons. The summed E-state index contributed by atoms with van der Waals surface area (Å²) in [6.45, 7) is 17.0. The number of hydrogen-bond acceptors (Lipinski definition) is 5. The first-order valence-corrected chi connectivity index (χ1v) is 9.18. The molecule has 0 spiro atoms. The molecule has 0 N–H and O–H groups in total. The summed E-state index contributed by atoms with van der Waals surface area (Å²) in [7, 11) is 0. The quantitative estimate of drug-likeness (QED) is 0.768. The number of unbranched alkanes of at least 4 members (excludes halogenated alkanes) is 1. The zero-order valence-electron chi connectivity index (χ0n) is 15.6. The summed E-state index contributed by atoms with van der Waals surface area (Å²) in [6, 6.07) is 0.225. The average molecular weight is 322 g/mol. The van der Waals surface area contributed by atoms with Crippen molar-refractivity contribution in [2.45, 2.75) is 66.3 Å². The van der Waals surface area contributed by atoms with Crippen molar-refractivity contribution >= 4 is 0 Å². The van der Waals surface area contributed by atoms with Crippen molar-refractivity contribution in [2.75, 3.05) is 32.7 Å². The highest BCUT2D eigenvalue weighted by molar-refractivity contribution is 4.93. The van der Waals surface area contributed by atoms with Crippen molar-refractivity contribution in [1.29, 1.82) is 0 Å². The molecule has 5 heteroatoms. The van der Waals surface area contributed by atoms with Crippen LogP contribution in [0.3, 0.4) is 0 Å². The van der Waals surface area contributed by atoms with Gasteiger partial charge in [0.2, 0.25) is 5.89 Å². The van der Waals surface area contributed by atoms with Crippen LogP contribution in [-0.4, -0.2) is 52.7 Å². The normalized spacial score (nSPS) is 19.2. The molecule has 0 bridgehead atoms. The van der Waals surface area contributed by atoms with Gasteiger partial charge in [-0.05, 0) is 31.7 Å². The third kappa shape index (κ3) is 5.88. The van der Waals surface area contributed by atoms with Crippen LogP contribution in [0.15, 0.2) is 4.52 Å². The summed E-state index contributed by atoms with van der Waals surface area (Å²) in [6.07, 6.45) is 4.47. The van der Waals surface area contributed by atoms with E-state index in [0.29, 0.717) is 5.41 Å². The Balaban J connectivity index is 1.79. The van der Waals surface area contributed by atoms with Crippen LogP contribution in [0.5, 0.6) is 0 Å². The van der Waals surface area contributed by atoms with Crippen molar-refractivity contribution in [3.8, 4) is 0 Å². The molecule has 0 aliphatic carbocycles. The molecule has 5 nitrogen and oxygen atoms in total. The Morgan fingerprint density at radius 2 is 1.87 bits per heavy atom. The zero-order valence-corrected chi connectivity index (χ0v) is 15.6. The van der Waals surface area contributed by atoms with Crippen LogP contribution in [-0.2, 0) is 6.42 Å². The van der Waals surface area contributed by atoms with Crippen LogP contribution in [0.4, 0.5) is 0 Å². The first-order valence-electron chi connectivity index (χ1n) is 9.18. The maximum atomic E-state index is 5.48. The predicted molar refractivity (Wildman–Crippen MR) is 93.4 cm³/mol. The minimum Gasteiger partial charge on any atom is -0.338 e. The number of aryl methyl sites for hydroxylation is 1. The molecule has 1 saturated heterocycles. The third-order valence-electron chi connectivity index (χ3n) is 4.73. The van der Waals surface area contributed by atoms with E-state index in [4.69, 9.17) is 4.52 Å². The maximum absolute atomic E-state index is 5.48. The second-order valence-corrected chi connectivity index (χ2v) is 8.02. The molecule has 1 aromatic rings. The standard InChI is InChI=1S/C18H34N4O/c1-6-7-8-16-19-17(23-20-16)15(2)22-13-11-21(12-14-22)10-9-18(3,4)5/h15H,6-14H2,1-5H3/t15-/m1/s1. The van der Waals surface area contributed by atoms with E-state index >= 15 is 0 Å². The molecule has 1 atom stereocenters. The molecule has 0 saturated carbocycles. The molecule has 1 aromatic heterocycles. The van der Waals surface area contributed by atoms with Gasteiger partial charge in [-0.15, -0.1) is 0 Å². The van der Waals surface area contributed by atoms with E-state index in [9.17, 15) is 0 Å². The fourth-order valence-electron chi connectivity index (χ4n) is 2.90. The topological polar surface area (TPSA) is 45.4 Å². The summed E-state index contributed by atoms with van der Waals surface area (Å²) in [5.41, 5.74) is 0.420. The van der Waals surface area contributed by atoms with E-state index in [0.717, 1.165) is 57.2 Å². The van der Waals surface area contributed by atoms with Gasteiger partial charge in [0, 0.05) is 32.6 Å². The Hall–Kier alpha value is -0.940. The fraction of sp³-hybridized carbons (Fsp3) is 0.889. The van der Waals surface area contributed by atoms with Crippen LogP contribution < -0.4 is 0 Å². The maximum Gasteiger partial charge on any atom is 0.243 e. The molecule has 23 heavy (non-hydrogen) atoms. The fourth-order valence-corrected chi connectivity index (χ4v) is 2.90. The minimum absolute atomic E-state index is 0.225. The number of hydrogen-bond donors (Lipinski definition) is 0. The van der Waals surface area contributed by atoms with E-state index in [2.05, 4.69) is 54.6 Å². The lowest BCUT2D eigenvalue weighted by atomic mass is 9.92. The first kappa shape index (κ1) is 18.4. The van der Waals surface area contributed by atoms with Crippen molar-refractivity contribution in [3.05, 3.63) is 11.7 Å². The molecule has 1 aliphatic heterocycles.